The first-order valence-corrected chi connectivity index (χ1v) is 7.58. The highest BCUT2D eigenvalue weighted by Gasteiger charge is 2.03. The summed E-state index contributed by atoms with van der Waals surface area (Å²) in [5.74, 6) is 0.839. The van der Waals surface area contributed by atoms with Crippen molar-refractivity contribution in [3.63, 3.8) is 0 Å². The molecule has 0 aliphatic heterocycles. The molecule has 5 heteroatoms. The maximum Gasteiger partial charge on any atom is 0.126 e. The molecule has 0 bridgehead atoms. The molecule has 0 atom stereocenters. The molecule has 0 aliphatic rings. The first-order valence-electron chi connectivity index (χ1n) is 6.70. The number of aromatic nitrogens is 1. The number of hydrogen-bond acceptors (Lipinski definition) is 4. The van der Waals surface area contributed by atoms with Crippen LogP contribution in [0.3, 0.4) is 0 Å². The summed E-state index contributed by atoms with van der Waals surface area (Å²) in [5.41, 5.74) is 8.28. The molecule has 3 N–H and O–H groups in total. The summed E-state index contributed by atoms with van der Waals surface area (Å²) in [6.07, 6.45) is 5.94. The highest BCUT2D eigenvalue weighted by Crippen LogP contribution is 2.21. The van der Waals surface area contributed by atoms with E-state index in [2.05, 4.69) is 16.4 Å². The number of nitrogens with two attached hydrogens (primary N) is 1. The first kappa shape index (κ1) is 15.3. The molecule has 1 heterocycles. The van der Waals surface area contributed by atoms with Crippen LogP contribution in [-0.2, 0) is 6.42 Å². The van der Waals surface area contributed by atoms with Crippen molar-refractivity contribution in [1.82, 2.24) is 4.98 Å². The van der Waals surface area contributed by atoms with E-state index in [1.54, 1.807) is 24.5 Å². The average Bonchev–Trinajstić information content (AvgIpc) is 2.89. The van der Waals surface area contributed by atoms with E-state index in [4.69, 9.17) is 15.9 Å². The zero-order valence-electron chi connectivity index (χ0n) is 12.2. The number of thiazole rings is 1. The summed E-state index contributed by atoms with van der Waals surface area (Å²) in [6, 6.07) is 5.49. The van der Waals surface area contributed by atoms with E-state index in [0.29, 0.717) is 5.56 Å². The zero-order chi connectivity index (χ0) is 15.2. The maximum absolute atomic E-state index is 7.49. The van der Waals surface area contributed by atoms with Crippen LogP contribution in [0.25, 0.3) is 6.08 Å². The lowest BCUT2D eigenvalue weighted by Gasteiger charge is -2.07. The Labute approximate surface area is 128 Å². The number of methoxy groups -OCH3 is 1. The molecule has 110 valence electrons. The van der Waals surface area contributed by atoms with Crippen LogP contribution in [0.5, 0.6) is 5.75 Å². The summed E-state index contributed by atoms with van der Waals surface area (Å²) < 4.78 is 5.33. The van der Waals surface area contributed by atoms with E-state index in [1.807, 2.05) is 25.1 Å². The minimum Gasteiger partial charge on any atom is -0.496 e. The fourth-order valence-electron chi connectivity index (χ4n) is 2.00. The van der Waals surface area contributed by atoms with Crippen LogP contribution in [-0.4, -0.2) is 17.9 Å². The van der Waals surface area contributed by atoms with Crippen molar-refractivity contribution in [3.05, 3.63) is 51.5 Å². The predicted molar refractivity (Wildman–Crippen MR) is 88.2 cm³/mol. The molecule has 0 aliphatic carbocycles. The number of ether oxygens (including phenoxy) is 1. The number of benzene rings is 1. The predicted octanol–water partition coefficient (Wildman–Crippen LogP) is 3.39. The molecule has 0 unspecified atom stereocenters. The third-order valence-electron chi connectivity index (χ3n) is 3.07. The number of amidine groups is 1. The Morgan fingerprint density at radius 2 is 2.29 bits per heavy atom. The number of aryl methyl sites for hydroxylation is 2. The average molecular weight is 301 g/mol. The second kappa shape index (κ2) is 7.04. The molecule has 0 radical (unpaired) electrons. The summed E-state index contributed by atoms with van der Waals surface area (Å²) in [7, 11) is 1.64. The Hall–Kier alpha value is -2.14. The number of rotatable bonds is 6. The number of nitrogens with zero attached hydrogens (tertiary/aromatic N) is 1. The second-order valence-electron chi connectivity index (χ2n) is 4.67. The molecular weight excluding hydrogens is 282 g/mol. The van der Waals surface area contributed by atoms with Crippen LogP contribution in [0.2, 0.25) is 0 Å². The van der Waals surface area contributed by atoms with Gasteiger partial charge in [0.1, 0.15) is 11.6 Å². The summed E-state index contributed by atoms with van der Waals surface area (Å²) >= 11 is 1.68. The third kappa shape index (κ3) is 4.16. The number of nitrogen functional groups attached to an aromatic ring is 1. The van der Waals surface area contributed by atoms with Crippen molar-refractivity contribution in [2.24, 2.45) is 5.73 Å². The van der Waals surface area contributed by atoms with E-state index in [-0.39, 0.29) is 5.84 Å². The summed E-state index contributed by atoms with van der Waals surface area (Å²) in [5, 5.41) is 10.7. The molecule has 21 heavy (non-hydrogen) atoms. The van der Waals surface area contributed by atoms with Gasteiger partial charge >= 0.3 is 0 Å². The maximum atomic E-state index is 7.49. The molecule has 0 saturated carbocycles. The quantitative estimate of drug-likeness (QED) is 0.634. The van der Waals surface area contributed by atoms with E-state index in [0.717, 1.165) is 34.9 Å². The van der Waals surface area contributed by atoms with Crippen molar-refractivity contribution in [2.45, 2.75) is 19.8 Å². The highest BCUT2D eigenvalue weighted by atomic mass is 32.1. The number of allylic oxidation sites excluding steroid dienone is 1. The molecule has 0 saturated heterocycles. The van der Waals surface area contributed by atoms with Gasteiger partial charge in [0.2, 0.25) is 0 Å². The zero-order valence-corrected chi connectivity index (χ0v) is 13.0. The van der Waals surface area contributed by atoms with Gasteiger partial charge in [0.05, 0.1) is 17.8 Å². The molecule has 0 fully saturated rings. The first-order chi connectivity index (χ1) is 10.1. The Morgan fingerprint density at radius 3 is 2.90 bits per heavy atom. The highest BCUT2D eigenvalue weighted by molar-refractivity contribution is 7.09. The van der Waals surface area contributed by atoms with E-state index in [1.165, 1.54) is 0 Å². The van der Waals surface area contributed by atoms with E-state index >= 15 is 0 Å². The monoisotopic (exact) mass is 301 g/mol. The van der Waals surface area contributed by atoms with Crippen LogP contribution in [0, 0.1) is 12.3 Å². The van der Waals surface area contributed by atoms with E-state index < -0.39 is 0 Å². The van der Waals surface area contributed by atoms with Crippen molar-refractivity contribution in [2.75, 3.05) is 7.11 Å². The molecular formula is C16H19N3OS. The van der Waals surface area contributed by atoms with Crippen molar-refractivity contribution in [1.29, 1.82) is 5.41 Å². The van der Waals surface area contributed by atoms with Gasteiger partial charge in [0.15, 0.2) is 0 Å². The van der Waals surface area contributed by atoms with Crippen molar-refractivity contribution >= 4 is 23.2 Å². The Bertz CT molecular complexity index is 661. The molecule has 1 aromatic heterocycles. The third-order valence-corrected chi connectivity index (χ3v) is 3.89. The Morgan fingerprint density at radius 1 is 1.48 bits per heavy atom. The fourth-order valence-corrected chi connectivity index (χ4v) is 2.64. The number of nitrogens with one attached hydrogen (secondary N) is 1. The van der Waals surface area contributed by atoms with Crippen LogP contribution in [0.4, 0.5) is 0 Å². The van der Waals surface area contributed by atoms with Gasteiger partial charge in [0, 0.05) is 16.5 Å². The molecule has 4 nitrogen and oxygen atoms in total. The molecule has 2 aromatic rings. The molecule has 1 aromatic carbocycles. The second-order valence-corrected chi connectivity index (χ2v) is 5.73. The molecule has 0 amide bonds. The lowest BCUT2D eigenvalue weighted by atomic mass is 10.1. The minimum atomic E-state index is 0.0604. The largest absolute Gasteiger partial charge is 0.496 e. The van der Waals surface area contributed by atoms with Crippen LogP contribution in [0.15, 0.2) is 29.7 Å². The Balaban J connectivity index is 2.05. The fraction of sp³-hybridized carbons (Fsp3) is 0.250. The normalized spacial score (nSPS) is 11.0. The smallest absolute Gasteiger partial charge is 0.126 e. The SMILES string of the molecule is COc1ccc(C(=N)N)cc1/C=C/CCc1csc(C)n1. The van der Waals surface area contributed by atoms with Gasteiger partial charge in [0.25, 0.3) is 0 Å². The van der Waals surface area contributed by atoms with Gasteiger partial charge < -0.3 is 10.5 Å². The standard InChI is InChI=1S/C16H19N3OS/c1-11-19-14(10-21-11)6-4-3-5-12-9-13(16(17)18)7-8-15(12)20-2/h3,5,7-10H,4,6H2,1-2H3,(H3,17,18)/b5-3+. The van der Waals surface area contributed by atoms with Gasteiger partial charge in [-0.25, -0.2) is 4.98 Å². The van der Waals surface area contributed by atoms with E-state index in [9.17, 15) is 0 Å². The Kier molecular flexibility index (Phi) is 5.11. The minimum absolute atomic E-state index is 0.0604. The topological polar surface area (TPSA) is 72.0 Å². The lowest BCUT2D eigenvalue weighted by molar-refractivity contribution is 0.414. The van der Waals surface area contributed by atoms with Gasteiger partial charge in [-0.05, 0) is 38.0 Å². The van der Waals surface area contributed by atoms with Crippen molar-refractivity contribution in [3.8, 4) is 5.75 Å². The van der Waals surface area contributed by atoms with Crippen molar-refractivity contribution < 1.29 is 4.74 Å². The molecule has 0 spiro atoms. The van der Waals surface area contributed by atoms with Crippen LogP contribution >= 0.6 is 11.3 Å². The summed E-state index contributed by atoms with van der Waals surface area (Å²) in [4.78, 5) is 4.44. The van der Waals surface area contributed by atoms with Crippen LogP contribution < -0.4 is 10.5 Å². The molecule has 2 rings (SSSR count). The van der Waals surface area contributed by atoms with Gasteiger partial charge in [-0.1, -0.05) is 12.2 Å². The van der Waals surface area contributed by atoms with Gasteiger partial charge in [-0.3, -0.25) is 5.41 Å². The van der Waals surface area contributed by atoms with Crippen LogP contribution in [0.1, 0.15) is 28.2 Å². The number of hydrogen-bond donors (Lipinski definition) is 2. The lowest BCUT2D eigenvalue weighted by Crippen LogP contribution is -2.11. The van der Waals surface area contributed by atoms with Gasteiger partial charge in [-0.15, -0.1) is 11.3 Å². The van der Waals surface area contributed by atoms with Gasteiger partial charge in [-0.2, -0.15) is 0 Å². The summed E-state index contributed by atoms with van der Waals surface area (Å²) in [6.45, 7) is 2.02.